The predicted molar refractivity (Wildman–Crippen MR) is 72.9 cm³/mol. The second kappa shape index (κ2) is 4.92. The first kappa shape index (κ1) is 12.8. The molecule has 0 atom stereocenters. The van der Waals surface area contributed by atoms with Gasteiger partial charge in [-0.2, -0.15) is 0 Å². The van der Waals surface area contributed by atoms with Crippen molar-refractivity contribution < 1.29 is 0 Å². The molecule has 0 aliphatic carbocycles. The van der Waals surface area contributed by atoms with Gasteiger partial charge in [0.25, 0.3) is 0 Å². The van der Waals surface area contributed by atoms with E-state index in [2.05, 4.69) is 28.7 Å². The predicted octanol–water partition coefficient (Wildman–Crippen LogP) is 1.78. The van der Waals surface area contributed by atoms with Crippen molar-refractivity contribution in [2.45, 2.75) is 33.1 Å². The summed E-state index contributed by atoms with van der Waals surface area (Å²) in [6.07, 6.45) is 5.20. The Hall–Kier alpha value is -1.65. The van der Waals surface area contributed by atoms with Crippen LogP contribution in [0.25, 0.3) is 0 Å². The lowest BCUT2D eigenvalue weighted by Gasteiger charge is -2.23. The Balaban J connectivity index is 2.16. The Labute approximate surface area is 108 Å². The summed E-state index contributed by atoms with van der Waals surface area (Å²) in [4.78, 5) is 10.8. The smallest absolute Gasteiger partial charge is 0.225 e. The van der Waals surface area contributed by atoms with Gasteiger partial charge in [-0.05, 0) is 30.7 Å². The van der Waals surface area contributed by atoms with Crippen LogP contribution in [0.3, 0.4) is 0 Å². The van der Waals surface area contributed by atoms with E-state index in [0.29, 0.717) is 17.1 Å². The lowest BCUT2D eigenvalue weighted by molar-refractivity contribution is 0.325. The summed E-state index contributed by atoms with van der Waals surface area (Å²) in [7, 11) is 0. The fourth-order valence-corrected chi connectivity index (χ4v) is 2.27. The van der Waals surface area contributed by atoms with Crippen LogP contribution in [0.5, 0.6) is 0 Å². The molecule has 1 aromatic heterocycles. The zero-order chi connectivity index (χ0) is 13.2. The standard InChI is InChI=1S/C13H21N5/c1-13(2)5-3-8-18(9-6-13)12-16-7-4-10(17-12)11(14)15/h4,7H,3,5-6,8-9H2,1-2H3,(H3,14,15). The number of hydrogen-bond donors (Lipinski definition) is 2. The molecule has 1 saturated heterocycles. The number of nitrogen functional groups attached to an aromatic ring is 1. The second-order valence-corrected chi connectivity index (χ2v) is 5.66. The highest BCUT2D eigenvalue weighted by molar-refractivity contribution is 5.93. The summed E-state index contributed by atoms with van der Waals surface area (Å²) >= 11 is 0. The quantitative estimate of drug-likeness (QED) is 0.616. The monoisotopic (exact) mass is 247 g/mol. The molecule has 1 aliphatic rings. The molecule has 1 aromatic rings. The molecule has 0 unspecified atom stereocenters. The molecule has 0 saturated carbocycles. The SMILES string of the molecule is CC1(C)CCCN(c2nccc(C(=N)N)n2)CC1. The molecule has 0 spiro atoms. The maximum absolute atomic E-state index is 7.42. The molecule has 0 radical (unpaired) electrons. The average Bonchev–Trinajstić information content (AvgIpc) is 2.50. The van der Waals surface area contributed by atoms with Crippen LogP contribution in [0.15, 0.2) is 12.3 Å². The third kappa shape index (κ3) is 2.97. The van der Waals surface area contributed by atoms with Crippen molar-refractivity contribution in [1.29, 1.82) is 5.41 Å². The van der Waals surface area contributed by atoms with Crippen molar-refractivity contribution in [3.63, 3.8) is 0 Å². The molecule has 0 bridgehead atoms. The molecule has 98 valence electrons. The van der Waals surface area contributed by atoms with Gasteiger partial charge in [-0.15, -0.1) is 0 Å². The summed E-state index contributed by atoms with van der Waals surface area (Å²) < 4.78 is 0. The molecule has 2 rings (SSSR count). The van der Waals surface area contributed by atoms with Crippen LogP contribution in [0, 0.1) is 10.8 Å². The number of aromatic nitrogens is 2. The first-order valence-corrected chi connectivity index (χ1v) is 6.40. The van der Waals surface area contributed by atoms with Crippen LogP contribution in [0.4, 0.5) is 5.95 Å². The number of amidine groups is 1. The van der Waals surface area contributed by atoms with Gasteiger partial charge in [0.1, 0.15) is 11.5 Å². The van der Waals surface area contributed by atoms with Gasteiger partial charge < -0.3 is 10.6 Å². The van der Waals surface area contributed by atoms with Gasteiger partial charge in [-0.25, -0.2) is 9.97 Å². The zero-order valence-electron chi connectivity index (χ0n) is 11.1. The molecule has 3 N–H and O–H groups in total. The number of nitrogens with two attached hydrogens (primary N) is 1. The average molecular weight is 247 g/mol. The Morgan fingerprint density at radius 2 is 2.17 bits per heavy atom. The highest BCUT2D eigenvalue weighted by Gasteiger charge is 2.24. The minimum Gasteiger partial charge on any atom is -0.382 e. The normalized spacial score (nSPS) is 19.3. The van der Waals surface area contributed by atoms with Gasteiger partial charge in [-0.3, -0.25) is 5.41 Å². The zero-order valence-corrected chi connectivity index (χ0v) is 11.1. The summed E-state index contributed by atoms with van der Waals surface area (Å²) in [5, 5.41) is 7.42. The number of hydrogen-bond acceptors (Lipinski definition) is 4. The van der Waals surface area contributed by atoms with E-state index in [1.165, 1.54) is 6.42 Å². The van der Waals surface area contributed by atoms with Gasteiger partial charge >= 0.3 is 0 Å². The number of nitrogens with zero attached hydrogens (tertiary/aromatic N) is 3. The fraction of sp³-hybridized carbons (Fsp3) is 0.615. The second-order valence-electron chi connectivity index (χ2n) is 5.66. The van der Waals surface area contributed by atoms with Crippen LogP contribution in [0.1, 0.15) is 38.8 Å². The third-order valence-electron chi connectivity index (χ3n) is 3.54. The minimum atomic E-state index is -0.00574. The van der Waals surface area contributed by atoms with Gasteiger partial charge in [0, 0.05) is 19.3 Å². The van der Waals surface area contributed by atoms with Gasteiger partial charge in [0.15, 0.2) is 0 Å². The van der Waals surface area contributed by atoms with Crippen molar-refractivity contribution >= 4 is 11.8 Å². The molecular weight excluding hydrogens is 226 g/mol. The Bertz CT molecular complexity index is 441. The maximum Gasteiger partial charge on any atom is 0.225 e. The molecular formula is C13H21N5. The molecule has 5 heteroatoms. The first-order chi connectivity index (χ1) is 8.48. The van der Waals surface area contributed by atoms with E-state index in [4.69, 9.17) is 11.1 Å². The van der Waals surface area contributed by atoms with Crippen molar-refractivity contribution in [2.75, 3.05) is 18.0 Å². The van der Waals surface area contributed by atoms with E-state index < -0.39 is 0 Å². The van der Waals surface area contributed by atoms with Crippen LogP contribution in [0.2, 0.25) is 0 Å². The Morgan fingerprint density at radius 3 is 2.89 bits per heavy atom. The van der Waals surface area contributed by atoms with E-state index in [1.807, 2.05) is 0 Å². The molecule has 1 fully saturated rings. The number of anilines is 1. The molecule has 0 aromatic carbocycles. The Morgan fingerprint density at radius 1 is 1.39 bits per heavy atom. The van der Waals surface area contributed by atoms with Crippen LogP contribution in [-0.2, 0) is 0 Å². The van der Waals surface area contributed by atoms with Gasteiger partial charge in [0.2, 0.25) is 5.95 Å². The highest BCUT2D eigenvalue weighted by atomic mass is 15.2. The fourth-order valence-electron chi connectivity index (χ4n) is 2.27. The van der Waals surface area contributed by atoms with Crippen molar-refractivity contribution in [3.8, 4) is 0 Å². The maximum atomic E-state index is 7.42. The van der Waals surface area contributed by atoms with E-state index in [1.54, 1.807) is 12.3 Å². The molecule has 2 heterocycles. The van der Waals surface area contributed by atoms with Crippen molar-refractivity contribution in [1.82, 2.24) is 9.97 Å². The lowest BCUT2D eigenvalue weighted by Crippen LogP contribution is -2.28. The highest BCUT2D eigenvalue weighted by Crippen LogP contribution is 2.30. The lowest BCUT2D eigenvalue weighted by atomic mass is 9.85. The molecule has 0 amide bonds. The van der Waals surface area contributed by atoms with E-state index in [9.17, 15) is 0 Å². The summed E-state index contributed by atoms with van der Waals surface area (Å²) in [5.41, 5.74) is 6.36. The summed E-state index contributed by atoms with van der Waals surface area (Å²) in [6, 6.07) is 1.67. The largest absolute Gasteiger partial charge is 0.382 e. The first-order valence-electron chi connectivity index (χ1n) is 6.40. The Kier molecular flexibility index (Phi) is 3.50. The van der Waals surface area contributed by atoms with Gasteiger partial charge in [-0.1, -0.05) is 13.8 Å². The summed E-state index contributed by atoms with van der Waals surface area (Å²) in [5.74, 6) is 0.689. The van der Waals surface area contributed by atoms with Crippen molar-refractivity contribution in [3.05, 3.63) is 18.0 Å². The summed E-state index contributed by atoms with van der Waals surface area (Å²) in [6.45, 7) is 6.56. The number of rotatable bonds is 2. The minimum absolute atomic E-state index is 0.00574. The third-order valence-corrected chi connectivity index (χ3v) is 3.54. The van der Waals surface area contributed by atoms with Crippen molar-refractivity contribution in [2.24, 2.45) is 11.1 Å². The number of nitrogens with one attached hydrogen (secondary N) is 1. The molecule has 5 nitrogen and oxygen atoms in total. The van der Waals surface area contributed by atoms with E-state index in [-0.39, 0.29) is 5.84 Å². The molecule has 18 heavy (non-hydrogen) atoms. The van der Waals surface area contributed by atoms with Crippen LogP contribution in [-0.4, -0.2) is 28.9 Å². The topological polar surface area (TPSA) is 78.9 Å². The van der Waals surface area contributed by atoms with Crippen LogP contribution >= 0.6 is 0 Å². The van der Waals surface area contributed by atoms with Gasteiger partial charge in [0.05, 0.1) is 0 Å². The van der Waals surface area contributed by atoms with Crippen LogP contribution < -0.4 is 10.6 Å². The van der Waals surface area contributed by atoms with E-state index >= 15 is 0 Å². The van der Waals surface area contributed by atoms with E-state index in [0.717, 1.165) is 25.9 Å². The molecule has 1 aliphatic heterocycles.